The van der Waals surface area contributed by atoms with Gasteiger partial charge in [0.2, 0.25) is 0 Å². The largest absolute Gasteiger partial charge is 0.444 e. The minimum atomic E-state index is -0.400. The van der Waals surface area contributed by atoms with Crippen molar-refractivity contribution in [3.8, 4) is 0 Å². The SMILES string of the molecule is CCC1CCCC(NC2CC3CCC(C2)N3C(=O)OC(C)(C)C)C1. The first kappa shape index (κ1) is 18.0. The van der Waals surface area contributed by atoms with E-state index >= 15 is 0 Å². The second-order valence-corrected chi connectivity index (χ2v) is 9.25. The van der Waals surface area contributed by atoms with Gasteiger partial charge in [-0.3, -0.25) is 0 Å². The van der Waals surface area contributed by atoms with Crippen molar-refractivity contribution in [3.63, 3.8) is 0 Å². The Morgan fingerprint density at radius 1 is 1.04 bits per heavy atom. The predicted molar refractivity (Wildman–Crippen MR) is 97.1 cm³/mol. The molecular weight excluding hydrogens is 300 g/mol. The predicted octanol–water partition coefficient (Wildman–Crippen LogP) is 4.48. The van der Waals surface area contributed by atoms with Gasteiger partial charge in [0.25, 0.3) is 0 Å². The zero-order valence-corrected chi connectivity index (χ0v) is 16.0. The van der Waals surface area contributed by atoms with Crippen molar-refractivity contribution in [2.24, 2.45) is 5.92 Å². The van der Waals surface area contributed by atoms with Crippen molar-refractivity contribution >= 4 is 6.09 Å². The molecule has 0 radical (unpaired) electrons. The molecule has 1 amide bonds. The van der Waals surface area contributed by atoms with E-state index in [9.17, 15) is 4.79 Å². The third kappa shape index (κ3) is 4.25. The Morgan fingerprint density at radius 3 is 2.29 bits per heavy atom. The van der Waals surface area contributed by atoms with E-state index in [1.165, 1.54) is 32.1 Å². The fraction of sp³-hybridized carbons (Fsp3) is 0.950. The quantitative estimate of drug-likeness (QED) is 0.826. The second kappa shape index (κ2) is 7.23. The fourth-order valence-corrected chi connectivity index (χ4v) is 5.07. The summed E-state index contributed by atoms with van der Waals surface area (Å²) in [7, 11) is 0. The third-order valence-electron chi connectivity index (χ3n) is 6.17. The van der Waals surface area contributed by atoms with Crippen LogP contribution in [0.4, 0.5) is 4.79 Å². The first-order valence-electron chi connectivity index (χ1n) is 10.1. The molecule has 2 saturated heterocycles. The Kier molecular flexibility index (Phi) is 5.43. The average Bonchev–Trinajstić information content (AvgIpc) is 2.77. The molecule has 3 aliphatic rings. The first-order chi connectivity index (χ1) is 11.4. The number of ether oxygens (including phenoxy) is 1. The maximum absolute atomic E-state index is 12.5. The highest BCUT2D eigenvalue weighted by Gasteiger charge is 2.45. The molecular formula is C20H36N2O2. The van der Waals surface area contributed by atoms with Crippen LogP contribution in [0.1, 0.15) is 85.5 Å². The molecule has 4 unspecified atom stereocenters. The van der Waals surface area contributed by atoms with Crippen LogP contribution >= 0.6 is 0 Å². The summed E-state index contributed by atoms with van der Waals surface area (Å²) in [6, 6.07) is 2.03. The molecule has 4 atom stereocenters. The lowest BCUT2D eigenvalue weighted by molar-refractivity contribution is 0.00394. The lowest BCUT2D eigenvalue weighted by atomic mass is 9.83. The Hall–Kier alpha value is -0.770. The number of nitrogens with zero attached hydrogens (tertiary/aromatic N) is 1. The van der Waals surface area contributed by atoms with Crippen LogP contribution in [-0.2, 0) is 4.74 Å². The van der Waals surface area contributed by atoms with E-state index in [1.807, 2.05) is 20.8 Å². The zero-order chi connectivity index (χ0) is 17.3. The Labute approximate surface area is 147 Å². The summed E-state index contributed by atoms with van der Waals surface area (Å²) >= 11 is 0. The van der Waals surface area contributed by atoms with Gasteiger partial charge in [-0.2, -0.15) is 0 Å². The molecule has 0 aromatic rings. The van der Waals surface area contributed by atoms with Gasteiger partial charge in [0.1, 0.15) is 5.60 Å². The number of amides is 1. The van der Waals surface area contributed by atoms with Gasteiger partial charge in [-0.1, -0.05) is 26.2 Å². The molecule has 24 heavy (non-hydrogen) atoms. The van der Waals surface area contributed by atoms with Gasteiger partial charge < -0.3 is 15.0 Å². The van der Waals surface area contributed by atoms with Crippen LogP contribution in [0.2, 0.25) is 0 Å². The van der Waals surface area contributed by atoms with Gasteiger partial charge in [-0.05, 0) is 65.2 Å². The highest BCUT2D eigenvalue weighted by molar-refractivity contribution is 5.69. The number of rotatable bonds is 3. The molecule has 2 aliphatic heterocycles. The summed E-state index contributed by atoms with van der Waals surface area (Å²) in [5.41, 5.74) is -0.400. The van der Waals surface area contributed by atoms with Crippen LogP contribution in [0, 0.1) is 5.92 Å². The number of hydrogen-bond donors (Lipinski definition) is 1. The number of hydrogen-bond acceptors (Lipinski definition) is 3. The summed E-state index contributed by atoms with van der Waals surface area (Å²) in [5.74, 6) is 0.912. The summed E-state index contributed by atoms with van der Waals surface area (Å²) in [5, 5.41) is 3.95. The summed E-state index contributed by atoms with van der Waals surface area (Å²) < 4.78 is 5.64. The highest BCUT2D eigenvalue weighted by Crippen LogP contribution is 2.37. The van der Waals surface area contributed by atoms with Gasteiger partial charge in [0.05, 0.1) is 0 Å². The molecule has 0 spiro atoms. The van der Waals surface area contributed by atoms with E-state index in [1.54, 1.807) is 0 Å². The average molecular weight is 337 g/mol. The molecule has 138 valence electrons. The molecule has 1 aliphatic carbocycles. The molecule has 2 heterocycles. The van der Waals surface area contributed by atoms with Gasteiger partial charge in [-0.15, -0.1) is 0 Å². The van der Waals surface area contributed by atoms with Gasteiger partial charge in [0, 0.05) is 24.2 Å². The maximum Gasteiger partial charge on any atom is 0.410 e. The van der Waals surface area contributed by atoms with Crippen LogP contribution in [0.3, 0.4) is 0 Å². The van der Waals surface area contributed by atoms with Crippen molar-refractivity contribution in [1.82, 2.24) is 10.2 Å². The smallest absolute Gasteiger partial charge is 0.410 e. The van der Waals surface area contributed by atoms with Crippen LogP contribution in [0.25, 0.3) is 0 Å². The van der Waals surface area contributed by atoms with Crippen LogP contribution < -0.4 is 5.32 Å². The van der Waals surface area contributed by atoms with E-state index in [-0.39, 0.29) is 6.09 Å². The summed E-state index contributed by atoms with van der Waals surface area (Å²) in [6.07, 6.45) is 11.2. The molecule has 1 N–H and O–H groups in total. The normalized spacial score (nSPS) is 36.7. The van der Waals surface area contributed by atoms with E-state index in [4.69, 9.17) is 4.74 Å². The van der Waals surface area contributed by atoms with Crippen molar-refractivity contribution < 1.29 is 9.53 Å². The number of fused-ring (bicyclic) bond motifs is 2. The lowest BCUT2D eigenvalue weighted by Gasteiger charge is -2.41. The monoisotopic (exact) mass is 336 g/mol. The Bertz CT molecular complexity index is 431. The van der Waals surface area contributed by atoms with E-state index in [0.717, 1.165) is 31.6 Å². The van der Waals surface area contributed by atoms with Gasteiger partial charge in [0.15, 0.2) is 0 Å². The number of carbonyl (C=O) groups excluding carboxylic acids is 1. The lowest BCUT2D eigenvalue weighted by Crippen LogP contribution is -2.54. The Balaban J connectivity index is 1.54. The van der Waals surface area contributed by atoms with Gasteiger partial charge in [-0.25, -0.2) is 4.79 Å². The molecule has 4 heteroatoms. The molecule has 4 nitrogen and oxygen atoms in total. The minimum Gasteiger partial charge on any atom is -0.444 e. The topological polar surface area (TPSA) is 41.6 Å². The van der Waals surface area contributed by atoms with E-state index in [0.29, 0.717) is 24.2 Å². The van der Waals surface area contributed by atoms with E-state index < -0.39 is 5.60 Å². The van der Waals surface area contributed by atoms with Crippen LogP contribution in [0.15, 0.2) is 0 Å². The molecule has 0 aromatic carbocycles. The van der Waals surface area contributed by atoms with Crippen LogP contribution in [-0.4, -0.2) is 40.8 Å². The van der Waals surface area contributed by atoms with Crippen molar-refractivity contribution in [3.05, 3.63) is 0 Å². The molecule has 3 rings (SSSR count). The zero-order valence-electron chi connectivity index (χ0n) is 16.0. The summed E-state index contributed by atoms with van der Waals surface area (Å²) in [4.78, 5) is 14.6. The third-order valence-corrected chi connectivity index (χ3v) is 6.17. The highest BCUT2D eigenvalue weighted by atomic mass is 16.6. The van der Waals surface area contributed by atoms with Crippen molar-refractivity contribution in [2.75, 3.05) is 0 Å². The standard InChI is InChI=1S/C20H36N2O2/c1-5-14-7-6-8-15(11-14)21-16-12-17-9-10-18(13-16)22(17)19(23)24-20(2,3)4/h14-18,21H,5-13H2,1-4H3. The Morgan fingerprint density at radius 2 is 1.71 bits per heavy atom. The molecule has 1 saturated carbocycles. The maximum atomic E-state index is 12.5. The number of piperidine rings is 1. The molecule has 3 fully saturated rings. The minimum absolute atomic E-state index is 0.0998. The second-order valence-electron chi connectivity index (χ2n) is 9.25. The van der Waals surface area contributed by atoms with Crippen LogP contribution in [0.5, 0.6) is 0 Å². The first-order valence-corrected chi connectivity index (χ1v) is 10.1. The van der Waals surface area contributed by atoms with Crippen molar-refractivity contribution in [1.29, 1.82) is 0 Å². The van der Waals surface area contributed by atoms with E-state index in [2.05, 4.69) is 17.1 Å². The molecule has 2 bridgehead atoms. The fourth-order valence-electron chi connectivity index (χ4n) is 5.07. The summed E-state index contributed by atoms with van der Waals surface area (Å²) in [6.45, 7) is 8.18. The van der Waals surface area contributed by atoms with Gasteiger partial charge >= 0.3 is 6.09 Å². The number of nitrogens with one attached hydrogen (secondary N) is 1. The molecule has 0 aromatic heterocycles. The number of carbonyl (C=O) groups is 1. The van der Waals surface area contributed by atoms with Crippen molar-refractivity contribution in [2.45, 2.75) is 115 Å².